The van der Waals surface area contributed by atoms with Crippen LogP contribution >= 0.6 is 0 Å². The van der Waals surface area contributed by atoms with E-state index in [1.807, 2.05) is 29.8 Å². The maximum absolute atomic E-state index is 7.09. The van der Waals surface area contributed by atoms with Gasteiger partial charge in [-0.25, -0.2) is 4.98 Å². The third-order valence-corrected chi connectivity index (χ3v) is 1.85. The lowest BCUT2D eigenvalue weighted by atomic mass is 10.4. The van der Waals surface area contributed by atoms with Gasteiger partial charge in [-0.3, -0.25) is 5.41 Å². The fraction of sp³-hybridized carbons (Fsp3) is 0.500. The molecule has 72 valence electrons. The molecule has 0 spiro atoms. The fourth-order valence-corrected chi connectivity index (χ4v) is 1.11. The Balaban J connectivity index is 2.53. The van der Waals surface area contributed by atoms with Crippen molar-refractivity contribution < 1.29 is 0 Å². The van der Waals surface area contributed by atoms with Gasteiger partial charge in [0.25, 0.3) is 0 Å². The fourth-order valence-electron chi connectivity index (χ4n) is 1.11. The summed E-state index contributed by atoms with van der Waals surface area (Å²) in [7, 11) is 3.87. The molecule has 0 saturated heterocycles. The Morgan fingerprint density at radius 3 is 2.92 bits per heavy atom. The van der Waals surface area contributed by atoms with Crippen molar-refractivity contribution in [3.8, 4) is 0 Å². The number of hydrogen-bond acceptors (Lipinski definition) is 3. The Bertz CT molecular complexity index is 290. The van der Waals surface area contributed by atoms with E-state index in [0.717, 1.165) is 12.5 Å². The predicted octanol–water partition coefficient (Wildman–Crippen LogP) is 0.182. The smallest absolute Gasteiger partial charge is 0.204 e. The summed E-state index contributed by atoms with van der Waals surface area (Å²) in [5.74, 6) is 1.10. The molecule has 0 radical (unpaired) electrons. The van der Waals surface area contributed by atoms with Crippen LogP contribution in [0.2, 0.25) is 0 Å². The first kappa shape index (κ1) is 9.57. The first-order valence-electron chi connectivity index (χ1n) is 4.12. The van der Waals surface area contributed by atoms with Gasteiger partial charge in [-0.05, 0) is 0 Å². The Hall–Kier alpha value is -1.52. The van der Waals surface area contributed by atoms with Crippen molar-refractivity contribution in [1.82, 2.24) is 9.55 Å². The van der Waals surface area contributed by atoms with Crippen LogP contribution in [0, 0.1) is 5.41 Å². The number of nitrogens with two attached hydrogens (primary N) is 1. The van der Waals surface area contributed by atoms with Crippen LogP contribution in [0.5, 0.6) is 0 Å². The van der Waals surface area contributed by atoms with E-state index >= 15 is 0 Å². The molecule has 0 aromatic carbocycles. The van der Waals surface area contributed by atoms with Crippen LogP contribution in [0.4, 0.5) is 5.95 Å². The van der Waals surface area contributed by atoms with Crippen molar-refractivity contribution in [2.24, 2.45) is 12.8 Å². The quantitative estimate of drug-likeness (QED) is 0.514. The summed E-state index contributed by atoms with van der Waals surface area (Å²) in [6, 6.07) is 0. The van der Waals surface area contributed by atoms with Crippen LogP contribution in [0.1, 0.15) is 6.42 Å². The molecule has 0 bridgehead atoms. The number of imidazole rings is 1. The summed E-state index contributed by atoms with van der Waals surface area (Å²) in [4.78, 5) is 6.14. The summed E-state index contributed by atoms with van der Waals surface area (Å²) in [6.07, 6.45) is 4.21. The van der Waals surface area contributed by atoms with Crippen LogP contribution < -0.4 is 10.6 Å². The molecule has 5 heteroatoms. The Labute approximate surface area is 77.7 Å². The van der Waals surface area contributed by atoms with Crippen LogP contribution in [0.25, 0.3) is 0 Å². The number of aromatic nitrogens is 2. The lowest BCUT2D eigenvalue weighted by Gasteiger charge is -2.17. The zero-order valence-electron chi connectivity index (χ0n) is 7.99. The highest BCUT2D eigenvalue weighted by Crippen LogP contribution is 2.06. The highest BCUT2D eigenvalue weighted by molar-refractivity contribution is 5.77. The molecule has 1 heterocycles. The van der Waals surface area contributed by atoms with Crippen LogP contribution in [0.15, 0.2) is 12.4 Å². The van der Waals surface area contributed by atoms with Crippen LogP contribution in [-0.2, 0) is 7.05 Å². The Kier molecular flexibility index (Phi) is 2.89. The second-order valence-corrected chi connectivity index (χ2v) is 3.03. The zero-order chi connectivity index (χ0) is 9.84. The molecule has 0 unspecified atom stereocenters. The van der Waals surface area contributed by atoms with E-state index in [2.05, 4.69) is 4.98 Å². The van der Waals surface area contributed by atoms with Gasteiger partial charge >= 0.3 is 0 Å². The maximum atomic E-state index is 7.09. The largest absolute Gasteiger partial charge is 0.388 e. The predicted molar refractivity (Wildman–Crippen MR) is 53.0 cm³/mol. The monoisotopic (exact) mass is 181 g/mol. The number of amidine groups is 1. The molecule has 5 nitrogen and oxygen atoms in total. The molecule has 0 saturated carbocycles. The third-order valence-electron chi connectivity index (χ3n) is 1.85. The second kappa shape index (κ2) is 3.93. The average molecular weight is 181 g/mol. The minimum Gasteiger partial charge on any atom is -0.388 e. The van der Waals surface area contributed by atoms with Crippen molar-refractivity contribution in [1.29, 1.82) is 5.41 Å². The third kappa shape index (κ3) is 2.47. The summed E-state index contributed by atoms with van der Waals surface area (Å²) in [6.45, 7) is 0.722. The van der Waals surface area contributed by atoms with Gasteiger partial charge in [-0.2, -0.15) is 0 Å². The number of nitrogens with zero attached hydrogens (tertiary/aromatic N) is 3. The molecule has 0 atom stereocenters. The normalized spacial score (nSPS) is 10.0. The molecule has 1 aromatic heterocycles. The molecule has 0 aliphatic heterocycles. The molecular formula is C8H15N5. The topological polar surface area (TPSA) is 70.9 Å². The molecule has 0 aliphatic rings. The van der Waals surface area contributed by atoms with Gasteiger partial charge in [-0.1, -0.05) is 0 Å². The van der Waals surface area contributed by atoms with Crippen molar-refractivity contribution in [2.45, 2.75) is 6.42 Å². The van der Waals surface area contributed by atoms with Gasteiger partial charge in [0.1, 0.15) is 0 Å². The summed E-state index contributed by atoms with van der Waals surface area (Å²) in [5, 5.41) is 7.09. The highest BCUT2D eigenvalue weighted by atomic mass is 15.3. The SMILES string of the molecule is CN(CCC(=N)N)c1nccn1C. The van der Waals surface area contributed by atoms with E-state index in [9.17, 15) is 0 Å². The maximum Gasteiger partial charge on any atom is 0.204 e. The van der Waals surface area contributed by atoms with E-state index in [1.165, 1.54) is 0 Å². The van der Waals surface area contributed by atoms with E-state index in [4.69, 9.17) is 11.1 Å². The van der Waals surface area contributed by atoms with Gasteiger partial charge in [-0.15, -0.1) is 0 Å². The molecule has 13 heavy (non-hydrogen) atoms. The Morgan fingerprint density at radius 2 is 2.46 bits per heavy atom. The van der Waals surface area contributed by atoms with Crippen molar-refractivity contribution in [2.75, 3.05) is 18.5 Å². The van der Waals surface area contributed by atoms with Crippen molar-refractivity contribution >= 4 is 11.8 Å². The van der Waals surface area contributed by atoms with Crippen LogP contribution in [0.3, 0.4) is 0 Å². The molecule has 0 aliphatic carbocycles. The van der Waals surface area contributed by atoms with Gasteiger partial charge in [0.05, 0.1) is 5.84 Å². The number of rotatable bonds is 4. The van der Waals surface area contributed by atoms with E-state index in [1.54, 1.807) is 6.20 Å². The van der Waals surface area contributed by atoms with Gasteiger partial charge in [0.2, 0.25) is 5.95 Å². The molecule has 0 fully saturated rings. The van der Waals surface area contributed by atoms with Crippen molar-refractivity contribution in [3.05, 3.63) is 12.4 Å². The number of anilines is 1. The molecule has 1 rings (SSSR count). The van der Waals surface area contributed by atoms with Gasteiger partial charge in [0.15, 0.2) is 0 Å². The lowest BCUT2D eigenvalue weighted by Crippen LogP contribution is -2.25. The summed E-state index contributed by atoms with van der Waals surface area (Å²) >= 11 is 0. The number of aryl methyl sites for hydroxylation is 1. The van der Waals surface area contributed by atoms with Crippen molar-refractivity contribution in [3.63, 3.8) is 0 Å². The van der Waals surface area contributed by atoms with E-state index < -0.39 is 0 Å². The van der Waals surface area contributed by atoms with Crippen LogP contribution in [-0.4, -0.2) is 29.0 Å². The number of hydrogen-bond donors (Lipinski definition) is 2. The minimum atomic E-state index is 0.209. The van der Waals surface area contributed by atoms with Gasteiger partial charge in [0, 0.05) is 39.5 Å². The first-order chi connectivity index (χ1) is 6.11. The lowest BCUT2D eigenvalue weighted by molar-refractivity contribution is 0.807. The zero-order valence-corrected chi connectivity index (χ0v) is 7.99. The molecule has 3 N–H and O–H groups in total. The molecular weight excluding hydrogens is 166 g/mol. The molecule has 0 amide bonds. The minimum absolute atomic E-state index is 0.209. The first-order valence-corrected chi connectivity index (χ1v) is 4.12. The Morgan fingerprint density at radius 1 is 1.77 bits per heavy atom. The van der Waals surface area contributed by atoms with E-state index in [0.29, 0.717) is 6.42 Å². The van der Waals surface area contributed by atoms with E-state index in [-0.39, 0.29) is 5.84 Å². The standard InChI is InChI=1S/C8H15N5/c1-12(5-3-7(9)10)8-11-4-6-13(8)2/h4,6H,3,5H2,1-2H3,(H3,9,10). The number of nitrogens with one attached hydrogen (secondary N) is 1. The summed E-state index contributed by atoms with van der Waals surface area (Å²) < 4.78 is 1.93. The molecule has 1 aromatic rings. The average Bonchev–Trinajstić information content (AvgIpc) is 2.47. The summed E-state index contributed by atoms with van der Waals surface area (Å²) in [5.41, 5.74) is 5.26. The van der Waals surface area contributed by atoms with Gasteiger partial charge < -0.3 is 15.2 Å². The highest BCUT2D eigenvalue weighted by Gasteiger charge is 2.05. The second-order valence-electron chi connectivity index (χ2n) is 3.03.